The minimum absolute atomic E-state index is 0.0113. The van der Waals surface area contributed by atoms with Crippen LogP contribution in [-0.2, 0) is 4.79 Å². The lowest BCUT2D eigenvalue weighted by molar-refractivity contribution is -0.384. The summed E-state index contributed by atoms with van der Waals surface area (Å²) in [7, 11) is 0. The molecule has 0 atom stereocenters. The lowest BCUT2D eigenvalue weighted by atomic mass is 10.1. The number of nitrogens with zero attached hydrogens (tertiary/aromatic N) is 1. The highest BCUT2D eigenvalue weighted by atomic mass is 16.6. The van der Waals surface area contributed by atoms with Crippen LogP contribution in [0.5, 0.6) is 0 Å². The second kappa shape index (κ2) is 6.21. The summed E-state index contributed by atoms with van der Waals surface area (Å²) in [5, 5.41) is 16.5. The third-order valence-corrected chi connectivity index (χ3v) is 3.17. The van der Waals surface area contributed by atoms with Crippen LogP contribution < -0.4 is 16.4 Å². The van der Waals surface area contributed by atoms with Crippen LogP contribution in [0.1, 0.15) is 23.2 Å². The molecule has 8 heteroatoms. The van der Waals surface area contributed by atoms with E-state index in [1.807, 2.05) is 0 Å². The molecule has 21 heavy (non-hydrogen) atoms. The number of anilines is 1. The summed E-state index contributed by atoms with van der Waals surface area (Å²) in [5.41, 5.74) is 5.40. The zero-order valence-electron chi connectivity index (χ0n) is 11.3. The van der Waals surface area contributed by atoms with Crippen molar-refractivity contribution in [1.82, 2.24) is 5.32 Å². The molecule has 1 aliphatic carbocycles. The minimum Gasteiger partial charge on any atom is -0.378 e. The van der Waals surface area contributed by atoms with Crippen LogP contribution in [0, 0.1) is 16.0 Å². The molecule has 1 fully saturated rings. The number of nitro benzene ring substituents is 1. The van der Waals surface area contributed by atoms with Crippen LogP contribution in [0.3, 0.4) is 0 Å². The van der Waals surface area contributed by atoms with Gasteiger partial charge in [-0.2, -0.15) is 0 Å². The van der Waals surface area contributed by atoms with Gasteiger partial charge in [0.25, 0.3) is 5.69 Å². The predicted octanol–water partition coefficient (Wildman–Crippen LogP) is 0.632. The van der Waals surface area contributed by atoms with Gasteiger partial charge in [-0.15, -0.1) is 0 Å². The number of rotatable bonds is 7. The highest BCUT2D eigenvalue weighted by Gasteiger charge is 2.29. The number of carbonyl (C=O) groups excluding carboxylic acids is 2. The number of hydrogen-bond donors (Lipinski definition) is 3. The van der Waals surface area contributed by atoms with E-state index < -0.39 is 10.8 Å². The van der Waals surface area contributed by atoms with E-state index in [4.69, 9.17) is 5.73 Å². The van der Waals surface area contributed by atoms with Crippen molar-refractivity contribution in [3.05, 3.63) is 33.9 Å². The van der Waals surface area contributed by atoms with Crippen molar-refractivity contribution in [2.75, 3.05) is 18.4 Å². The number of primary amides is 1. The third kappa shape index (κ3) is 3.91. The van der Waals surface area contributed by atoms with Crippen molar-refractivity contribution in [2.24, 2.45) is 11.7 Å². The van der Waals surface area contributed by atoms with E-state index in [0.29, 0.717) is 13.1 Å². The van der Waals surface area contributed by atoms with E-state index >= 15 is 0 Å². The van der Waals surface area contributed by atoms with Gasteiger partial charge < -0.3 is 16.4 Å². The first-order chi connectivity index (χ1) is 9.99. The SMILES string of the molecule is NC(=O)c1ccc([N+](=O)[O-])c(NCCNC(=O)C2CC2)c1. The molecule has 0 radical (unpaired) electrons. The molecule has 0 unspecified atom stereocenters. The predicted molar refractivity (Wildman–Crippen MR) is 75.8 cm³/mol. The molecule has 1 aromatic carbocycles. The molecule has 0 aromatic heterocycles. The highest BCUT2D eigenvalue weighted by Crippen LogP contribution is 2.28. The summed E-state index contributed by atoms with van der Waals surface area (Å²) < 4.78 is 0. The van der Waals surface area contributed by atoms with E-state index in [0.717, 1.165) is 12.8 Å². The van der Waals surface area contributed by atoms with Crippen molar-refractivity contribution in [2.45, 2.75) is 12.8 Å². The van der Waals surface area contributed by atoms with Gasteiger partial charge in [-0.25, -0.2) is 0 Å². The summed E-state index contributed by atoms with van der Waals surface area (Å²) in [6.45, 7) is 0.675. The standard InChI is InChI=1S/C13H16N4O4/c14-12(18)9-3-4-11(17(20)21)10(7-9)15-5-6-16-13(19)8-1-2-8/h3-4,7-8,15H,1-2,5-6H2,(H2,14,18)(H,16,19). The average Bonchev–Trinajstić information content (AvgIpc) is 3.27. The van der Waals surface area contributed by atoms with E-state index in [-0.39, 0.29) is 28.8 Å². The van der Waals surface area contributed by atoms with Gasteiger partial charge in [0, 0.05) is 30.6 Å². The number of nitro groups is 1. The molecular formula is C13H16N4O4. The summed E-state index contributed by atoms with van der Waals surface area (Å²) in [6, 6.07) is 3.87. The molecule has 1 aliphatic rings. The number of nitrogens with two attached hydrogens (primary N) is 1. The maximum atomic E-state index is 11.4. The number of amides is 2. The zero-order valence-corrected chi connectivity index (χ0v) is 11.3. The second-order valence-electron chi connectivity index (χ2n) is 4.85. The number of hydrogen-bond acceptors (Lipinski definition) is 5. The largest absolute Gasteiger partial charge is 0.378 e. The molecule has 1 saturated carbocycles. The summed E-state index contributed by atoms with van der Waals surface area (Å²) in [5.74, 6) is -0.523. The van der Waals surface area contributed by atoms with Gasteiger partial charge in [-0.1, -0.05) is 0 Å². The Morgan fingerprint density at radius 1 is 1.33 bits per heavy atom. The fraction of sp³-hybridized carbons (Fsp3) is 0.385. The molecule has 112 valence electrons. The molecule has 4 N–H and O–H groups in total. The first kappa shape index (κ1) is 14.8. The number of nitrogens with one attached hydrogen (secondary N) is 2. The quantitative estimate of drug-likeness (QED) is 0.386. The first-order valence-corrected chi connectivity index (χ1v) is 6.59. The molecule has 0 saturated heterocycles. The molecular weight excluding hydrogens is 276 g/mol. The van der Waals surface area contributed by atoms with E-state index in [1.165, 1.54) is 18.2 Å². The maximum absolute atomic E-state index is 11.4. The van der Waals surface area contributed by atoms with Crippen molar-refractivity contribution < 1.29 is 14.5 Å². The van der Waals surface area contributed by atoms with Crippen LogP contribution in [-0.4, -0.2) is 29.8 Å². The van der Waals surface area contributed by atoms with Gasteiger partial charge in [-0.05, 0) is 25.0 Å². The van der Waals surface area contributed by atoms with Crippen molar-refractivity contribution >= 4 is 23.2 Å². The fourth-order valence-corrected chi connectivity index (χ4v) is 1.86. The minimum atomic E-state index is -0.657. The molecule has 2 rings (SSSR count). The van der Waals surface area contributed by atoms with E-state index in [9.17, 15) is 19.7 Å². The van der Waals surface area contributed by atoms with Crippen LogP contribution >= 0.6 is 0 Å². The van der Waals surface area contributed by atoms with E-state index in [1.54, 1.807) is 0 Å². The number of benzene rings is 1. The Bertz CT molecular complexity index is 584. The second-order valence-corrected chi connectivity index (χ2v) is 4.85. The van der Waals surface area contributed by atoms with Gasteiger partial charge in [0.15, 0.2) is 0 Å². The monoisotopic (exact) mass is 292 g/mol. The summed E-state index contributed by atoms with van der Waals surface area (Å²) in [6.07, 6.45) is 1.84. The maximum Gasteiger partial charge on any atom is 0.292 e. The molecule has 1 aromatic rings. The molecule has 2 amide bonds. The fourth-order valence-electron chi connectivity index (χ4n) is 1.86. The Balaban J connectivity index is 1.96. The van der Waals surface area contributed by atoms with Crippen LogP contribution in [0.4, 0.5) is 11.4 Å². The van der Waals surface area contributed by atoms with E-state index in [2.05, 4.69) is 10.6 Å². The Kier molecular flexibility index (Phi) is 4.36. The lowest BCUT2D eigenvalue weighted by Crippen LogP contribution is -2.29. The van der Waals surface area contributed by atoms with Gasteiger partial charge >= 0.3 is 0 Å². The smallest absolute Gasteiger partial charge is 0.292 e. The Labute approximate surface area is 120 Å². The summed E-state index contributed by atoms with van der Waals surface area (Å²) in [4.78, 5) is 32.9. The van der Waals surface area contributed by atoms with Crippen LogP contribution in [0.25, 0.3) is 0 Å². The molecule has 0 spiro atoms. The number of carbonyl (C=O) groups is 2. The molecule has 0 heterocycles. The average molecular weight is 292 g/mol. The van der Waals surface area contributed by atoms with Crippen molar-refractivity contribution in [3.8, 4) is 0 Å². The Morgan fingerprint density at radius 2 is 2.05 bits per heavy atom. The molecule has 0 aliphatic heterocycles. The lowest BCUT2D eigenvalue weighted by Gasteiger charge is -2.09. The van der Waals surface area contributed by atoms with Gasteiger partial charge in [0.2, 0.25) is 11.8 Å². The van der Waals surface area contributed by atoms with Gasteiger partial charge in [0.1, 0.15) is 5.69 Å². The molecule has 0 bridgehead atoms. The summed E-state index contributed by atoms with van der Waals surface area (Å²) >= 11 is 0. The molecule has 8 nitrogen and oxygen atoms in total. The van der Waals surface area contributed by atoms with Crippen LogP contribution in [0.15, 0.2) is 18.2 Å². The first-order valence-electron chi connectivity index (χ1n) is 6.59. The zero-order chi connectivity index (χ0) is 15.4. The van der Waals surface area contributed by atoms with Gasteiger partial charge in [0.05, 0.1) is 4.92 Å². The van der Waals surface area contributed by atoms with Crippen molar-refractivity contribution in [1.29, 1.82) is 0 Å². The topological polar surface area (TPSA) is 127 Å². The normalized spacial score (nSPS) is 13.5. The van der Waals surface area contributed by atoms with Crippen LogP contribution in [0.2, 0.25) is 0 Å². The highest BCUT2D eigenvalue weighted by molar-refractivity contribution is 5.94. The van der Waals surface area contributed by atoms with Crippen molar-refractivity contribution in [3.63, 3.8) is 0 Å². The Hall–Kier alpha value is -2.64. The van der Waals surface area contributed by atoms with Gasteiger partial charge in [-0.3, -0.25) is 19.7 Å². The third-order valence-electron chi connectivity index (χ3n) is 3.17. The Morgan fingerprint density at radius 3 is 2.62 bits per heavy atom.